The average molecular weight is 350 g/mol. The quantitative estimate of drug-likeness (QED) is 0.883. The first kappa shape index (κ1) is 17.7. The van der Waals surface area contributed by atoms with Gasteiger partial charge in [-0.25, -0.2) is 0 Å². The van der Waals surface area contributed by atoms with Gasteiger partial charge in [0.15, 0.2) is 6.04 Å². The zero-order chi connectivity index (χ0) is 18.4. The smallest absolute Gasteiger partial charge is 0.287 e. The maximum absolute atomic E-state index is 14.1. The van der Waals surface area contributed by atoms with Crippen molar-refractivity contribution in [2.75, 3.05) is 0 Å². The highest BCUT2D eigenvalue weighted by atomic mass is 19.4. The monoisotopic (exact) mass is 350 g/mol. The Labute approximate surface area is 144 Å². The van der Waals surface area contributed by atoms with Crippen LogP contribution in [0.5, 0.6) is 0 Å². The summed E-state index contributed by atoms with van der Waals surface area (Å²) in [5.41, 5.74) is 2.36. The molecule has 1 amide bonds. The Kier molecular flexibility index (Phi) is 4.27. The van der Waals surface area contributed by atoms with Gasteiger partial charge in [-0.1, -0.05) is 43.3 Å². The predicted octanol–water partition coefficient (Wildman–Crippen LogP) is 4.52. The first-order valence-corrected chi connectivity index (χ1v) is 8.31. The molecule has 3 rings (SSSR count). The fraction of sp³-hybridized carbons (Fsp3) is 0.421. The molecule has 25 heavy (non-hydrogen) atoms. The highest BCUT2D eigenvalue weighted by molar-refractivity contribution is 5.87. The van der Waals surface area contributed by atoms with Crippen LogP contribution < -0.4 is 5.43 Å². The Bertz CT molecular complexity index is 814. The lowest BCUT2D eigenvalue weighted by Gasteiger charge is -2.38. The van der Waals surface area contributed by atoms with Crippen molar-refractivity contribution in [3.63, 3.8) is 0 Å². The number of hydrogen-bond acceptors (Lipinski definition) is 2. The summed E-state index contributed by atoms with van der Waals surface area (Å²) in [6, 6.07) is 8.81. The van der Waals surface area contributed by atoms with E-state index in [0.29, 0.717) is 12.0 Å². The molecule has 1 fully saturated rings. The Hall–Kier alpha value is -2.08. The van der Waals surface area contributed by atoms with E-state index in [2.05, 4.69) is 5.43 Å². The summed E-state index contributed by atoms with van der Waals surface area (Å²) in [5, 5.41) is 2.80. The van der Waals surface area contributed by atoms with Crippen LogP contribution in [0.3, 0.4) is 0 Å². The van der Waals surface area contributed by atoms with Gasteiger partial charge in [0.1, 0.15) is 0 Å². The highest BCUT2D eigenvalue weighted by Crippen LogP contribution is 2.44. The topological polar surface area (TPSA) is 32.3 Å². The number of amides is 1. The molecule has 6 heteroatoms. The molecule has 1 heterocycles. The number of hydrogen-bond donors (Lipinski definition) is 1. The van der Waals surface area contributed by atoms with Crippen LogP contribution in [-0.4, -0.2) is 22.6 Å². The molecular weight excluding hydrogens is 329 g/mol. The van der Waals surface area contributed by atoms with Crippen LogP contribution in [0.2, 0.25) is 0 Å². The van der Waals surface area contributed by atoms with Crippen LogP contribution in [0, 0.1) is 0 Å². The van der Waals surface area contributed by atoms with Gasteiger partial charge in [0.25, 0.3) is 0 Å². The van der Waals surface area contributed by atoms with Gasteiger partial charge in [0, 0.05) is 12.0 Å². The van der Waals surface area contributed by atoms with E-state index in [9.17, 15) is 18.0 Å². The average Bonchev–Trinajstić information content (AvgIpc) is 2.78. The number of aryl methyl sites for hydroxylation is 1. The first-order chi connectivity index (χ1) is 11.6. The van der Waals surface area contributed by atoms with Gasteiger partial charge in [0.2, 0.25) is 5.91 Å². The molecule has 2 aromatic rings. The van der Waals surface area contributed by atoms with E-state index in [0.717, 1.165) is 15.8 Å². The van der Waals surface area contributed by atoms with Gasteiger partial charge >= 0.3 is 6.18 Å². The molecule has 134 valence electrons. The maximum atomic E-state index is 14.1. The van der Waals surface area contributed by atoms with Crippen LogP contribution in [0.15, 0.2) is 36.4 Å². The number of alkyl halides is 3. The Morgan fingerprint density at radius 3 is 2.44 bits per heavy atom. The molecule has 0 bridgehead atoms. The van der Waals surface area contributed by atoms with E-state index in [4.69, 9.17) is 0 Å². The lowest BCUT2D eigenvalue weighted by molar-refractivity contribution is -0.204. The molecular formula is C19H21F3N2O. The molecule has 2 aromatic carbocycles. The summed E-state index contributed by atoms with van der Waals surface area (Å²) >= 11 is 0. The second-order valence-electron chi connectivity index (χ2n) is 7.05. The maximum Gasteiger partial charge on any atom is 0.409 e. The summed E-state index contributed by atoms with van der Waals surface area (Å²) < 4.78 is 42.2. The first-order valence-electron chi connectivity index (χ1n) is 8.31. The number of nitrogens with one attached hydrogen (secondary N) is 1. The lowest BCUT2D eigenvalue weighted by atomic mass is 9.90. The van der Waals surface area contributed by atoms with Crippen molar-refractivity contribution in [1.82, 2.24) is 10.4 Å². The molecule has 0 aromatic heterocycles. The molecule has 3 nitrogen and oxygen atoms in total. The summed E-state index contributed by atoms with van der Waals surface area (Å²) in [7, 11) is 0. The zero-order valence-electron chi connectivity index (χ0n) is 14.4. The van der Waals surface area contributed by atoms with Gasteiger partial charge in [-0.2, -0.15) is 18.2 Å². The number of benzene rings is 2. The van der Waals surface area contributed by atoms with E-state index in [1.54, 1.807) is 26.0 Å². The number of fused-ring (bicyclic) bond motifs is 1. The molecule has 0 spiro atoms. The lowest BCUT2D eigenvalue weighted by Crippen LogP contribution is -2.51. The number of halogens is 3. The normalized spacial score (nSPS) is 19.2. The molecule has 1 aliphatic rings. The van der Waals surface area contributed by atoms with Crippen molar-refractivity contribution in [2.45, 2.75) is 51.4 Å². The highest BCUT2D eigenvalue weighted by Gasteiger charge is 2.53. The third-order valence-corrected chi connectivity index (χ3v) is 4.78. The van der Waals surface area contributed by atoms with Crippen LogP contribution in [0.25, 0.3) is 10.8 Å². The van der Waals surface area contributed by atoms with Crippen molar-refractivity contribution in [3.8, 4) is 0 Å². The fourth-order valence-corrected chi connectivity index (χ4v) is 3.68. The molecule has 0 saturated carbocycles. The van der Waals surface area contributed by atoms with Crippen molar-refractivity contribution >= 4 is 16.7 Å². The van der Waals surface area contributed by atoms with Crippen molar-refractivity contribution in [3.05, 3.63) is 47.5 Å². The van der Waals surface area contributed by atoms with Crippen LogP contribution in [-0.2, 0) is 11.2 Å². The SMILES string of the molecule is CCc1c([C@H](N2NC(=O)CC2(C)C)C(F)(F)F)ccc2ccccc12. The fourth-order valence-electron chi connectivity index (χ4n) is 3.68. The second kappa shape index (κ2) is 6.02. The zero-order valence-corrected chi connectivity index (χ0v) is 14.4. The Balaban J connectivity index is 2.22. The minimum Gasteiger partial charge on any atom is -0.287 e. The molecule has 1 N–H and O–H groups in total. The van der Waals surface area contributed by atoms with Gasteiger partial charge in [0.05, 0.1) is 0 Å². The van der Waals surface area contributed by atoms with E-state index < -0.39 is 23.7 Å². The van der Waals surface area contributed by atoms with E-state index in [-0.39, 0.29) is 12.0 Å². The molecule has 1 saturated heterocycles. The van der Waals surface area contributed by atoms with E-state index in [1.165, 1.54) is 0 Å². The summed E-state index contributed by atoms with van der Waals surface area (Å²) in [6.45, 7) is 5.15. The van der Waals surface area contributed by atoms with Crippen molar-refractivity contribution in [1.29, 1.82) is 0 Å². The Morgan fingerprint density at radius 2 is 1.88 bits per heavy atom. The minimum atomic E-state index is -4.51. The van der Waals surface area contributed by atoms with Gasteiger partial charge in [-0.05, 0) is 42.2 Å². The number of nitrogens with zero attached hydrogens (tertiary/aromatic N) is 1. The van der Waals surface area contributed by atoms with Gasteiger partial charge < -0.3 is 0 Å². The van der Waals surface area contributed by atoms with E-state index >= 15 is 0 Å². The largest absolute Gasteiger partial charge is 0.409 e. The summed E-state index contributed by atoms with van der Waals surface area (Å²) in [4.78, 5) is 11.8. The summed E-state index contributed by atoms with van der Waals surface area (Å²) in [6.07, 6.45) is -4.00. The standard InChI is InChI=1S/C19H21F3N2O/c1-4-13-14-8-6-5-7-12(14)9-10-15(13)17(19(20,21)22)24-18(2,3)11-16(25)23-24/h5-10,17H,4,11H2,1-3H3,(H,23,25)/t17-/m0/s1. The van der Waals surface area contributed by atoms with Crippen molar-refractivity contribution < 1.29 is 18.0 Å². The predicted molar refractivity (Wildman–Crippen MR) is 90.8 cm³/mol. The number of hydrazine groups is 1. The third-order valence-electron chi connectivity index (χ3n) is 4.78. The molecule has 0 aliphatic carbocycles. The second-order valence-corrected chi connectivity index (χ2v) is 7.05. The third kappa shape index (κ3) is 3.11. The van der Waals surface area contributed by atoms with Gasteiger partial charge in [-0.3, -0.25) is 10.2 Å². The molecule has 1 atom stereocenters. The molecule has 1 aliphatic heterocycles. The number of rotatable bonds is 3. The van der Waals surface area contributed by atoms with E-state index in [1.807, 2.05) is 31.2 Å². The number of carbonyl (C=O) groups excluding carboxylic acids is 1. The minimum absolute atomic E-state index is 0.0363. The van der Waals surface area contributed by atoms with Gasteiger partial charge in [-0.15, -0.1) is 0 Å². The molecule has 0 unspecified atom stereocenters. The van der Waals surface area contributed by atoms with Crippen LogP contribution in [0.1, 0.15) is 44.4 Å². The molecule has 0 radical (unpaired) electrons. The summed E-state index contributed by atoms with van der Waals surface area (Å²) in [5.74, 6) is -0.391. The Morgan fingerprint density at radius 1 is 1.20 bits per heavy atom. The van der Waals surface area contributed by atoms with Crippen molar-refractivity contribution in [2.24, 2.45) is 0 Å². The number of carbonyl (C=O) groups is 1. The van der Waals surface area contributed by atoms with Crippen LogP contribution >= 0.6 is 0 Å². The van der Waals surface area contributed by atoms with Crippen LogP contribution in [0.4, 0.5) is 13.2 Å².